The van der Waals surface area contributed by atoms with E-state index in [2.05, 4.69) is 9.88 Å². The van der Waals surface area contributed by atoms with Crippen LogP contribution >= 0.6 is 11.3 Å². The first kappa shape index (κ1) is 15.5. The minimum Gasteiger partial charge on any atom is -0.379 e. The van der Waals surface area contributed by atoms with E-state index in [1.165, 1.54) is 11.3 Å². The van der Waals surface area contributed by atoms with Gasteiger partial charge in [0, 0.05) is 37.1 Å². The summed E-state index contributed by atoms with van der Waals surface area (Å²) in [6.07, 6.45) is 1.68. The number of benzene rings is 1. The number of morpholine rings is 1. The van der Waals surface area contributed by atoms with Gasteiger partial charge in [-0.05, 0) is 5.56 Å². The van der Waals surface area contributed by atoms with Crippen LogP contribution in [0, 0.1) is 0 Å². The molecule has 0 aliphatic carbocycles. The molecule has 1 saturated heterocycles. The summed E-state index contributed by atoms with van der Waals surface area (Å²) < 4.78 is 7.10. The zero-order valence-electron chi connectivity index (χ0n) is 13.4. The summed E-state index contributed by atoms with van der Waals surface area (Å²) in [7, 11) is 0. The third-order valence-corrected chi connectivity index (χ3v) is 5.29. The van der Waals surface area contributed by atoms with Crippen LogP contribution in [0.1, 0.15) is 0 Å². The number of nitrogens with zero attached hydrogens (tertiary/aromatic N) is 3. The van der Waals surface area contributed by atoms with Crippen LogP contribution in [-0.4, -0.2) is 47.3 Å². The molecule has 0 N–H and O–H groups in total. The van der Waals surface area contributed by atoms with E-state index in [0.29, 0.717) is 6.54 Å². The number of hydrogen-bond donors (Lipinski definition) is 0. The monoisotopic (exact) mass is 341 g/mol. The van der Waals surface area contributed by atoms with Gasteiger partial charge in [0.2, 0.25) is 0 Å². The lowest BCUT2D eigenvalue weighted by molar-refractivity contribution is 0.0362. The molecule has 0 bridgehead atoms. The first-order valence-electron chi connectivity index (χ1n) is 8.15. The predicted molar refractivity (Wildman–Crippen MR) is 96.6 cm³/mol. The van der Waals surface area contributed by atoms with Gasteiger partial charge in [0.1, 0.15) is 4.83 Å². The fraction of sp³-hybridized carbons (Fsp3) is 0.333. The summed E-state index contributed by atoms with van der Waals surface area (Å²) in [4.78, 5) is 20.6. The zero-order valence-corrected chi connectivity index (χ0v) is 14.2. The average molecular weight is 341 g/mol. The molecule has 24 heavy (non-hydrogen) atoms. The molecule has 1 aliphatic rings. The lowest BCUT2D eigenvalue weighted by Gasteiger charge is -2.26. The Hall–Kier alpha value is -2.02. The number of hydrogen-bond acceptors (Lipinski definition) is 5. The summed E-state index contributed by atoms with van der Waals surface area (Å²) in [6, 6.07) is 10.0. The third kappa shape index (κ3) is 3.00. The number of rotatable bonds is 4. The third-order valence-electron chi connectivity index (χ3n) is 4.41. The second-order valence-electron chi connectivity index (χ2n) is 5.89. The highest BCUT2D eigenvalue weighted by molar-refractivity contribution is 7.17. The van der Waals surface area contributed by atoms with E-state index in [4.69, 9.17) is 4.74 Å². The Balaban J connectivity index is 1.65. The second-order valence-corrected chi connectivity index (χ2v) is 6.75. The van der Waals surface area contributed by atoms with Gasteiger partial charge in [-0.25, -0.2) is 4.98 Å². The van der Waals surface area contributed by atoms with Gasteiger partial charge >= 0.3 is 0 Å². The molecule has 0 saturated carbocycles. The molecular formula is C18H19N3O2S. The van der Waals surface area contributed by atoms with Crippen molar-refractivity contribution in [3.8, 4) is 11.1 Å². The molecule has 2 aromatic heterocycles. The van der Waals surface area contributed by atoms with Crippen molar-refractivity contribution in [2.24, 2.45) is 0 Å². The molecular weight excluding hydrogens is 322 g/mol. The molecule has 0 radical (unpaired) electrons. The van der Waals surface area contributed by atoms with Crippen molar-refractivity contribution in [2.45, 2.75) is 6.54 Å². The number of aromatic nitrogens is 2. The van der Waals surface area contributed by atoms with Gasteiger partial charge < -0.3 is 4.74 Å². The number of thiophene rings is 1. The summed E-state index contributed by atoms with van der Waals surface area (Å²) in [5, 5.41) is 2.76. The van der Waals surface area contributed by atoms with E-state index in [1.54, 1.807) is 10.9 Å². The van der Waals surface area contributed by atoms with Crippen molar-refractivity contribution < 1.29 is 4.74 Å². The first-order chi connectivity index (χ1) is 11.8. The fourth-order valence-electron chi connectivity index (χ4n) is 3.03. The molecule has 3 aromatic rings. The van der Waals surface area contributed by atoms with Crippen molar-refractivity contribution in [1.82, 2.24) is 14.5 Å². The van der Waals surface area contributed by atoms with Gasteiger partial charge in [-0.3, -0.25) is 14.3 Å². The maximum Gasteiger partial charge on any atom is 0.262 e. The topological polar surface area (TPSA) is 47.4 Å². The van der Waals surface area contributed by atoms with Gasteiger partial charge in [0.25, 0.3) is 5.56 Å². The van der Waals surface area contributed by atoms with Crippen LogP contribution in [0.15, 0.2) is 46.8 Å². The molecule has 6 heteroatoms. The first-order valence-corrected chi connectivity index (χ1v) is 9.03. The lowest BCUT2D eigenvalue weighted by atomic mass is 10.1. The summed E-state index contributed by atoms with van der Waals surface area (Å²) in [6.45, 7) is 4.91. The quantitative estimate of drug-likeness (QED) is 0.731. The Kier molecular flexibility index (Phi) is 4.42. The Morgan fingerprint density at radius 3 is 2.71 bits per heavy atom. The smallest absolute Gasteiger partial charge is 0.262 e. The van der Waals surface area contributed by atoms with Gasteiger partial charge in [0.15, 0.2) is 0 Å². The molecule has 0 spiro atoms. The largest absolute Gasteiger partial charge is 0.379 e. The highest BCUT2D eigenvalue weighted by Crippen LogP contribution is 2.30. The molecule has 4 rings (SSSR count). The summed E-state index contributed by atoms with van der Waals surface area (Å²) in [5.41, 5.74) is 2.09. The second kappa shape index (κ2) is 6.84. The van der Waals surface area contributed by atoms with Crippen LogP contribution in [0.25, 0.3) is 21.3 Å². The van der Waals surface area contributed by atoms with Crippen molar-refractivity contribution in [2.75, 3.05) is 32.8 Å². The zero-order chi connectivity index (χ0) is 16.4. The molecule has 5 nitrogen and oxygen atoms in total. The van der Waals surface area contributed by atoms with Crippen LogP contribution in [0.2, 0.25) is 0 Å². The Morgan fingerprint density at radius 2 is 1.92 bits per heavy atom. The number of ether oxygens (including phenoxy) is 1. The van der Waals surface area contributed by atoms with Gasteiger partial charge in [-0.1, -0.05) is 30.3 Å². The van der Waals surface area contributed by atoms with Gasteiger partial charge in [-0.2, -0.15) is 0 Å². The molecule has 124 valence electrons. The number of fused-ring (bicyclic) bond motifs is 1. The van der Waals surface area contributed by atoms with E-state index in [-0.39, 0.29) is 5.56 Å². The summed E-state index contributed by atoms with van der Waals surface area (Å²) >= 11 is 1.53. The fourth-order valence-corrected chi connectivity index (χ4v) is 3.94. The van der Waals surface area contributed by atoms with Gasteiger partial charge in [-0.15, -0.1) is 11.3 Å². The van der Waals surface area contributed by atoms with Crippen LogP contribution in [0.3, 0.4) is 0 Å². The molecule has 1 aliphatic heterocycles. The standard InChI is InChI=1S/C18H19N3O2S/c22-18-16-15(14-4-2-1-3-5-14)12-24-17(16)19-13-21(18)7-6-20-8-10-23-11-9-20/h1-5,12-13H,6-11H2. The molecule has 1 aromatic carbocycles. The van der Waals surface area contributed by atoms with E-state index in [1.807, 2.05) is 35.7 Å². The van der Waals surface area contributed by atoms with Crippen molar-refractivity contribution in [1.29, 1.82) is 0 Å². The Bertz CT molecular complexity index is 882. The minimum absolute atomic E-state index is 0.0494. The normalized spacial score (nSPS) is 15.8. The van der Waals surface area contributed by atoms with E-state index < -0.39 is 0 Å². The van der Waals surface area contributed by atoms with Gasteiger partial charge in [0.05, 0.1) is 24.9 Å². The SMILES string of the molecule is O=c1c2c(-c3ccccc3)csc2ncn1CCN1CCOCC1. The minimum atomic E-state index is 0.0494. The maximum absolute atomic E-state index is 12.9. The molecule has 0 amide bonds. The highest BCUT2D eigenvalue weighted by atomic mass is 32.1. The van der Waals surface area contributed by atoms with Crippen LogP contribution in [0.5, 0.6) is 0 Å². The Labute approximate surface area is 144 Å². The highest BCUT2D eigenvalue weighted by Gasteiger charge is 2.14. The van der Waals surface area contributed by atoms with Crippen molar-refractivity contribution in [3.63, 3.8) is 0 Å². The van der Waals surface area contributed by atoms with E-state index >= 15 is 0 Å². The average Bonchev–Trinajstić information content (AvgIpc) is 3.08. The van der Waals surface area contributed by atoms with Crippen LogP contribution < -0.4 is 5.56 Å². The lowest BCUT2D eigenvalue weighted by Crippen LogP contribution is -2.39. The van der Waals surface area contributed by atoms with Crippen molar-refractivity contribution in [3.05, 3.63) is 52.4 Å². The molecule has 0 atom stereocenters. The molecule has 1 fully saturated rings. The maximum atomic E-state index is 12.9. The van der Waals surface area contributed by atoms with E-state index in [9.17, 15) is 4.79 Å². The van der Waals surface area contributed by atoms with Crippen LogP contribution in [-0.2, 0) is 11.3 Å². The summed E-state index contributed by atoms with van der Waals surface area (Å²) in [5.74, 6) is 0. The van der Waals surface area contributed by atoms with Crippen LogP contribution in [0.4, 0.5) is 0 Å². The molecule has 3 heterocycles. The Morgan fingerprint density at radius 1 is 1.12 bits per heavy atom. The predicted octanol–water partition coefficient (Wildman–Crippen LogP) is 2.46. The van der Waals surface area contributed by atoms with E-state index in [0.717, 1.165) is 54.2 Å². The molecule has 0 unspecified atom stereocenters. The van der Waals surface area contributed by atoms with Crippen molar-refractivity contribution >= 4 is 21.6 Å².